The molecule has 0 saturated carbocycles. The molecule has 2 heterocycles. The highest BCUT2D eigenvalue weighted by Gasteiger charge is 2.23. The molecule has 5 nitrogen and oxygen atoms in total. The maximum Gasteiger partial charge on any atom is 0.348 e. The number of rotatable bonds is 5. The zero-order valence-electron chi connectivity index (χ0n) is 15.2. The lowest BCUT2D eigenvalue weighted by molar-refractivity contribution is -0.134. The van der Waals surface area contributed by atoms with Gasteiger partial charge in [0.15, 0.2) is 6.61 Å². The van der Waals surface area contributed by atoms with Gasteiger partial charge in [-0.05, 0) is 37.1 Å². The number of esters is 1. The van der Waals surface area contributed by atoms with Gasteiger partial charge in [-0.1, -0.05) is 25.1 Å². The Morgan fingerprint density at radius 3 is 2.42 bits per heavy atom. The predicted molar refractivity (Wildman–Crippen MR) is 104 cm³/mol. The van der Waals surface area contributed by atoms with Gasteiger partial charge in [0, 0.05) is 36.7 Å². The maximum absolute atomic E-state index is 12.3. The second-order valence-electron chi connectivity index (χ2n) is 6.35. The van der Waals surface area contributed by atoms with Crippen molar-refractivity contribution < 1.29 is 14.3 Å². The summed E-state index contributed by atoms with van der Waals surface area (Å²) in [6.07, 6.45) is 0.897. The number of piperazine rings is 1. The number of carbonyl (C=O) groups is 2. The van der Waals surface area contributed by atoms with Gasteiger partial charge in [-0.2, -0.15) is 0 Å². The number of aryl methyl sites for hydroxylation is 2. The van der Waals surface area contributed by atoms with Gasteiger partial charge in [0.05, 0.1) is 0 Å². The molecule has 6 heteroatoms. The van der Waals surface area contributed by atoms with E-state index in [-0.39, 0.29) is 12.5 Å². The summed E-state index contributed by atoms with van der Waals surface area (Å²) in [4.78, 5) is 30.3. The van der Waals surface area contributed by atoms with Crippen molar-refractivity contribution in [1.29, 1.82) is 0 Å². The SMILES string of the molecule is CCc1sc(C(=O)OCC(=O)N2CCN(c3ccccc3)CC2)cc1C. The minimum absolute atomic E-state index is 0.130. The highest BCUT2D eigenvalue weighted by atomic mass is 32.1. The summed E-state index contributed by atoms with van der Waals surface area (Å²) in [5, 5.41) is 0. The smallest absolute Gasteiger partial charge is 0.348 e. The lowest BCUT2D eigenvalue weighted by Crippen LogP contribution is -2.49. The number of thiophene rings is 1. The predicted octanol–water partition coefficient (Wildman–Crippen LogP) is 3.12. The van der Waals surface area contributed by atoms with E-state index in [4.69, 9.17) is 4.74 Å². The van der Waals surface area contributed by atoms with E-state index in [9.17, 15) is 9.59 Å². The van der Waals surface area contributed by atoms with E-state index >= 15 is 0 Å². The molecule has 26 heavy (non-hydrogen) atoms. The van der Waals surface area contributed by atoms with Crippen molar-refractivity contribution in [3.63, 3.8) is 0 Å². The second-order valence-corrected chi connectivity index (χ2v) is 7.49. The van der Waals surface area contributed by atoms with Crippen LogP contribution in [-0.4, -0.2) is 49.6 Å². The summed E-state index contributed by atoms with van der Waals surface area (Å²) in [6, 6.07) is 12.0. The van der Waals surface area contributed by atoms with Crippen LogP contribution >= 0.6 is 11.3 Å². The van der Waals surface area contributed by atoms with Crippen LogP contribution in [0.25, 0.3) is 0 Å². The summed E-state index contributed by atoms with van der Waals surface area (Å²) >= 11 is 1.45. The summed E-state index contributed by atoms with van der Waals surface area (Å²) in [6.45, 7) is 6.72. The third-order valence-corrected chi connectivity index (χ3v) is 5.98. The van der Waals surface area contributed by atoms with Gasteiger partial charge in [0.25, 0.3) is 5.91 Å². The Kier molecular flexibility index (Phi) is 5.93. The topological polar surface area (TPSA) is 49.9 Å². The largest absolute Gasteiger partial charge is 0.451 e. The van der Waals surface area contributed by atoms with Crippen molar-refractivity contribution in [2.45, 2.75) is 20.3 Å². The van der Waals surface area contributed by atoms with Crippen LogP contribution in [0.2, 0.25) is 0 Å². The zero-order chi connectivity index (χ0) is 18.5. The van der Waals surface area contributed by atoms with Crippen LogP contribution in [0.5, 0.6) is 0 Å². The number of nitrogens with zero attached hydrogens (tertiary/aromatic N) is 2. The van der Waals surface area contributed by atoms with E-state index in [2.05, 4.69) is 24.0 Å². The number of ether oxygens (including phenoxy) is 1. The molecule has 1 aromatic carbocycles. The highest BCUT2D eigenvalue weighted by molar-refractivity contribution is 7.14. The fourth-order valence-corrected chi connectivity index (χ4v) is 4.12. The van der Waals surface area contributed by atoms with Crippen molar-refractivity contribution in [3.8, 4) is 0 Å². The molecule has 0 unspecified atom stereocenters. The number of hydrogen-bond acceptors (Lipinski definition) is 5. The first-order valence-electron chi connectivity index (χ1n) is 8.92. The Bertz CT molecular complexity index is 765. The number of benzene rings is 1. The molecule has 0 spiro atoms. The third kappa shape index (κ3) is 4.25. The van der Waals surface area contributed by atoms with E-state index < -0.39 is 5.97 Å². The van der Waals surface area contributed by atoms with Crippen LogP contribution in [-0.2, 0) is 16.0 Å². The van der Waals surface area contributed by atoms with Crippen LogP contribution in [0.3, 0.4) is 0 Å². The number of para-hydroxylation sites is 1. The third-order valence-electron chi connectivity index (χ3n) is 4.62. The lowest BCUT2D eigenvalue weighted by Gasteiger charge is -2.36. The average Bonchev–Trinajstić information content (AvgIpc) is 3.07. The lowest BCUT2D eigenvalue weighted by atomic mass is 10.2. The van der Waals surface area contributed by atoms with Gasteiger partial charge in [-0.25, -0.2) is 4.79 Å². The Balaban J connectivity index is 1.47. The molecule has 1 aliphatic heterocycles. The molecule has 0 N–H and O–H groups in total. The van der Waals surface area contributed by atoms with Gasteiger partial charge < -0.3 is 14.5 Å². The number of amides is 1. The van der Waals surface area contributed by atoms with Crippen LogP contribution in [0.1, 0.15) is 27.0 Å². The summed E-state index contributed by atoms with van der Waals surface area (Å²) < 4.78 is 5.23. The molecular formula is C20H24N2O3S. The molecule has 2 aromatic rings. The minimum atomic E-state index is -0.408. The van der Waals surface area contributed by atoms with E-state index in [1.807, 2.05) is 31.2 Å². The van der Waals surface area contributed by atoms with E-state index in [0.29, 0.717) is 18.0 Å². The first-order chi connectivity index (χ1) is 12.6. The Hall–Kier alpha value is -2.34. The molecule has 138 valence electrons. The van der Waals surface area contributed by atoms with Gasteiger partial charge in [0.2, 0.25) is 0 Å². The number of carbonyl (C=O) groups excluding carboxylic acids is 2. The van der Waals surface area contributed by atoms with Crippen molar-refractivity contribution in [2.75, 3.05) is 37.7 Å². The van der Waals surface area contributed by atoms with Crippen LogP contribution in [0.15, 0.2) is 36.4 Å². The maximum atomic E-state index is 12.3. The van der Waals surface area contributed by atoms with E-state index in [0.717, 1.165) is 25.1 Å². The molecular weight excluding hydrogens is 348 g/mol. The van der Waals surface area contributed by atoms with Crippen molar-refractivity contribution >= 4 is 28.9 Å². The molecule has 0 bridgehead atoms. The van der Waals surface area contributed by atoms with Gasteiger partial charge in [-0.3, -0.25) is 4.79 Å². The first kappa shape index (κ1) is 18.5. The second kappa shape index (κ2) is 8.36. The molecule has 0 aliphatic carbocycles. The fourth-order valence-electron chi connectivity index (χ4n) is 3.11. The Morgan fingerprint density at radius 2 is 1.81 bits per heavy atom. The summed E-state index contributed by atoms with van der Waals surface area (Å²) in [5.74, 6) is -0.538. The van der Waals surface area contributed by atoms with Crippen LogP contribution in [0, 0.1) is 6.92 Å². The molecule has 1 amide bonds. The minimum Gasteiger partial charge on any atom is -0.451 e. The van der Waals surface area contributed by atoms with E-state index in [1.165, 1.54) is 21.9 Å². The normalized spacial score (nSPS) is 14.4. The monoisotopic (exact) mass is 372 g/mol. The Morgan fingerprint density at radius 1 is 1.12 bits per heavy atom. The van der Waals surface area contributed by atoms with Crippen LogP contribution in [0.4, 0.5) is 5.69 Å². The van der Waals surface area contributed by atoms with E-state index in [1.54, 1.807) is 4.90 Å². The zero-order valence-corrected chi connectivity index (χ0v) is 16.1. The fraction of sp³-hybridized carbons (Fsp3) is 0.400. The van der Waals surface area contributed by atoms with Crippen molar-refractivity contribution in [3.05, 3.63) is 51.7 Å². The molecule has 0 radical (unpaired) electrons. The molecule has 1 aromatic heterocycles. The average molecular weight is 372 g/mol. The molecule has 0 atom stereocenters. The van der Waals surface area contributed by atoms with Crippen LogP contribution < -0.4 is 4.90 Å². The first-order valence-corrected chi connectivity index (χ1v) is 9.74. The van der Waals surface area contributed by atoms with Gasteiger partial charge in [-0.15, -0.1) is 11.3 Å². The standard InChI is InChI=1S/C20H24N2O3S/c1-3-17-15(2)13-18(26-17)20(24)25-14-19(23)22-11-9-21(10-12-22)16-7-5-4-6-8-16/h4-8,13H,3,9-12,14H2,1-2H3. The number of hydrogen-bond donors (Lipinski definition) is 0. The Labute approximate surface area is 158 Å². The van der Waals surface area contributed by atoms with Crippen molar-refractivity contribution in [1.82, 2.24) is 4.90 Å². The van der Waals surface area contributed by atoms with Crippen molar-refractivity contribution in [2.24, 2.45) is 0 Å². The summed E-state index contributed by atoms with van der Waals surface area (Å²) in [7, 11) is 0. The molecule has 1 aliphatic rings. The number of anilines is 1. The highest BCUT2D eigenvalue weighted by Crippen LogP contribution is 2.23. The molecule has 1 fully saturated rings. The van der Waals surface area contributed by atoms with Gasteiger partial charge >= 0.3 is 5.97 Å². The molecule has 1 saturated heterocycles. The quantitative estimate of drug-likeness (QED) is 0.757. The van der Waals surface area contributed by atoms with Gasteiger partial charge in [0.1, 0.15) is 4.88 Å². The summed E-state index contributed by atoms with van der Waals surface area (Å²) in [5.41, 5.74) is 2.28. The molecule has 3 rings (SSSR count).